The van der Waals surface area contributed by atoms with Crippen LogP contribution in [0.25, 0.3) is 0 Å². The van der Waals surface area contributed by atoms with Gasteiger partial charge in [-0.05, 0) is 13.8 Å². The molecule has 4 heteroatoms. The van der Waals surface area contributed by atoms with Crippen LogP contribution in [0.5, 0.6) is 0 Å². The van der Waals surface area contributed by atoms with Crippen LogP contribution in [-0.2, 0) is 4.74 Å². The van der Waals surface area contributed by atoms with Gasteiger partial charge in [-0.3, -0.25) is 0 Å². The van der Waals surface area contributed by atoms with Gasteiger partial charge in [-0.25, -0.2) is 0 Å². The number of halogens is 3. The third-order valence-corrected chi connectivity index (χ3v) is 0.408. The highest BCUT2D eigenvalue weighted by atomic mass is 79.9. The normalized spacial score (nSPS) is 5.25. The zero-order chi connectivity index (χ0) is 4.12. The lowest BCUT2D eigenvalue weighted by Gasteiger charge is -1.86. The quantitative estimate of drug-likeness (QED) is 0.761. The number of hydrogen-bond acceptors (Lipinski definition) is 1. The van der Waals surface area contributed by atoms with Gasteiger partial charge < -0.3 is 4.74 Å². The summed E-state index contributed by atoms with van der Waals surface area (Å²) in [5.41, 5.74) is 0. The van der Waals surface area contributed by atoms with Crippen LogP contribution in [0, 0.1) is 0 Å². The molecule has 0 radical (unpaired) electrons. The minimum Gasteiger partial charge on any atom is -0.382 e. The molecule has 0 aromatic rings. The number of hydrogen-bond donors (Lipinski definition) is 0. The van der Waals surface area contributed by atoms with E-state index in [0.29, 0.717) is 0 Å². The van der Waals surface area contributed by atoms with E-state index in [1.165, 1.54) is 0 Å². The fourth-order valence-electron chi connectivity index (χ4n) is 0.204. The summed E-state index contributed by atoms with van der Waals surface area (Å²) >= 11 is 0. The van der Waals surface area contributed by atoms with Crippen molar-refractivity contribution >= 4 is 50.9 Å². The summed E-state index contributed by atoms with van der Waals surface area (Å²) < 4.78 is 4.83. The van der Waals surface area contributed by atoms with Crippen molar-refractivity contribution in [1.29, 1.82) is 0 Å². The van der Waals surface area contributed by atoms with E-state index in [1.54, 1.807) is 0 Å². The lowest BCUT2D eigenvalue weighted by Crippen LogP contribution is -1.84. The van der Waals surface area contributed by atoms with Gasteiger partial charge in [-0.1, -0.05) is 0 Å². The molecule has 0 rings (SSSR count). The zero-order valence-corrected chi connectivity index (χ0v) is 10.2. The minimum atomic E-state index is 0. The van der Waals surface area contributed by atoms with Crippen LogP contribution in [0.2, 0.25) is 0 Å². The third-order valence-electron chi connectivity index (χ3n) is 0.408. The van der Waals surface area contributed by atoms with Crippen LogP contribution >= 0.6 is 50.9 Å². The molecule has 0 atom stereocenters. The first-order chi connectivity index (χ1) is 2.41. The van der Waals surface area contributed by atoms with Gasteiger partial charge in [0.15, 0.2) is 0 Å². The SMILES string of the molecule is Br.Br.Br.CCOCC. The first kappa shape index (κ1) is 22.7. The minimum absolute atomic E-state index is 0. The van der Waals surface area contributed by atoms with Gasteiger partial charge in [0.1, 0.15) is 0 Å². The van der Waals surface area contributed by atoms with Crippen LogP contribution < -0.4 is 0 Å². The van der Waals surface area contributed by atoms with Gasteiger partial charge in [0.05, 0.1) is 0 Å². The number of rotatable bonds is 2. The van der Waals surface area contributed by atoms with Crippen molar-refractivity contribution in [1.82, 2.24) is 0 Å². The van der Waals surface area contributed by atoms with Gasteiger partial charge in [0, 0.05) is 13.2 Å². The lowest BCUT2D eigenvalue weighted by molar-refractivity contribution is 0.162. The maximum Gasteiger partial charge on any atom is 0.0437 e. The Morgan fingerprint density at radius 1 is 0.875 bits per heavy atom. The Morgan fingerprint density at radius 2 is 1.12 bits per heavy atom. The van der Waals surface area contributed by atoms with E-state index in [1.807, 2.05) is 13.8 Å². The van der Waals surface area contributed by atoms with Crippen LogP contribution in [0.3, 0.4) is 0 Å². The summed E-state index contributed by atoms with van der Waals surface area (Å²) in [5, 5.41) is 0. The molecule has 56 valence electrons. The van der Waals surface area contributed by atoms with Gasteiger partial charge in [0.2, 0.25) is 0 Å². The monoisotopic (exact) mass is 314 g/mol. The second kappa shape index (κ2) is 23.8. The Labute approximate surface area is 82.5 Å². The Balaban J connectivity index is -0.0000000267. The smallest absolute Gasteiger partial charge is 0.0437 e. The van der Waals surface area contributed by atoms with Crippen molar-refractivity contribution in [2.75, 3.05) is 13.2 Å². The predicted octanol–water partition coefficient (Wildman–Crippen LogP) is 2.78. The highest BCUT2D eigenvalue weighted by Gasteiger charge is 1.64. The highest BCUT2D eigenvalue weighted by molar-refractivity contribution is 8.93. The first-order valence-corrected chi connectivity index (χ1v) is 1.99. The predicted molar refractivity (Wildman–Crippen MR) is 53.1 cm³/mol. The average molecular weight is 317 g/mol. The Kier molecular flexibility index (Phi) is 67.6. The van der Waals surface area contributed by atoms with E-state index in [9.17, 15) is 0 Å². The molecule has 0 aromatic heterocycles. The van der Waals surface area contributed by atoms with E-state index in [4.69, 9.17) is 4.74 Å². The lowest BCUT2D eigenvalue weighted by atomic mass is 10.8. The number of ether oxygens (including phenoxy) is 1. The maximum atomic E-state index is 4.83. The Bertz CT molecular complexity index is 18.8. The van der Waals surface area contributed by atoms with Crippen molar-refractivity contribution < 1.29 is 4.74 Å². The van der Waals surface area contributed by atoms with Gasteiger partial charge in [-0.15, -0.1) is 50.9 Å². The van der Waals surface area contributed by atoms with Crippen LogP contribution in [0.1, 0.15) is 13.8 Å². The molecule has 0 unspecified atom stereocenters. The van der Waals surface area contributed by atoms with Crippen molar-refractivity contribution in [3.63, 3.8) is 0 Å². The van der Waals surface area contributed by atoms with Crippen molar-refractivity contribution in [3.8, 4) is 0 Å². The molecule has 0 saturated carbocycles. The molecule has 0 saturated heterocycles. The zero-order valence-electron chi connectivity index (χ0n) is 5.05. The fourth-order valence-corrected chi connectivity index (χ4v) is 0.204. The second-order valence-corrected chi connectivity index (χ2v) is 0.781. The molecule has 0 heterocycles. The molecule has 0 aromatic carbocycles. The second-order valence-electron chi connectivity index (χ2n) is 0.781. The van der Waals surface area contributed by atoms with Gasteiger partial charge in [0.25, 0.3) is 0 Å². The third kappa shape index (κ3) is 26.2. The standard InChI is InChI=1S/C4H10O.3BrH/c1-3-5-4-2;;;/h3-4H2,1-2H3;3*1H. The van der Waals surface area contributed by atoms with Crippen LogP contribution in [-0.4, -0.2) is 13.2 Å². The average Bonchev–Trinajstić information content (AvgIpc) is 1.41. The molecular weight excluding hydrogens is 304 g/mol. The van der Waals surface area contributed by atoms with E-state index in [-0.39, 0.29) is 50.9 Å². The van der Waals surface area contributed by atoms with E-state index >= 15 is 0 Å². The molecule has 0 amide bonds. The van der Waals surface area contributed by atoms with E-state index in [2.05, 4.69) is 0 Å². The van der Waals surface area contributed by atoms with Crippen LogP contribution in [0.15, 0.2) is 0 Å². The highest BCUT2D eigenvalue weighted by Crippen LogP contribution is 1.64. The maximum absolute atomic E-state index is 4.83. The van der Waals surface area contributed by atoms with Crippen molar-refractivity contribution in [2.45, 2.75) is 13.8 Å². The Morgan fingerprint density at radius 3 is 1.12 bits per heavy atom. The summed E-state index contributed by atoms with van der Waals surface area (Å²) in [6, 6.07) is 0. The molecule has 8 heavy (non-hydrogen) atoms. The fraction of sp³-hybridized carbons (Fsp3) is 1.00. The molecule has 0 fully saturated rings. The molecule has 0 spiro atoms. The van der Waals surface area contributed by atoms with E-state index in [0.717, 1.165) is 13.2 Å². The van der Waals surface area contributed by atoms with Gasteiger partial charge in [-0.2, -0.15) is 0 Å². The van der Waals surface area contributed by atoms with Crippen LogP contribution in [0.4, 0.5) is 0 Å². The van der Waals surface area contributed by atoms with Gasteiger partial charge >= 0.3 is 0 Å². The molecule has 1 nitrogen and oxygen atoms in total. The summed E-state index contributed by atoms with van der Waals surface area (Å²) in [5.74, 6) is 0. The summed E-state index contributed by atoms with van der Waals surface area (Å²) in [7, 11) is 0. The molecule has 0 bridgehead atoms. The first-order valence-electron chi connectivity index (χ1n) is 1.99. The molecular formula is C4H13Br3O. The molecule has 0 aliphatic rings. The van der Waals surface area contributed by atoms with Crippen molar-refractivity contribution in [2.24, 2.45) is 0 Å². The largest absolute Gasteiger partial charge is 0.382 e. The summed E-state index contributed by atoms with van der Waals surface area (Å²) in [4.78, 5) is 0. The molecule has 0 aliphatic carbocycles. The summed E-state index contributed by atoms with van der Waals surface area (Å²) in [6.45, 7) is 5.67. The molecule has 0 aliphatic heterocycles. The Hall–Kier alpha value is 1.40. The summed E-state index contributed by atoms with van der Waals surface area (Å²) in [6.07, 6.45) is 0. The topological polar surface area (TPSA) is 9.23 Å². The van der Waals surface area contributed by atoms with Crippen molar-refractivity contribution in [3.05, 3.63) is 0 Å². The molecule has 0 N–H and O–H groups in total. The van der Waals surface area contributed by atoms with E-state index < -0.39 is 0 Å².